The average Bonchev–Trinajstić information content (AvgIpc) is 2.70. The lowest BCUT2D eigenvalue weighted by Gasteiger charge is -2.40. The first-order chi connectivity index (χ1) is 7.29. The first-order valence-electron chi connectivity index (χ1n) is 5.84. The van der Waals surface area contributed by atoms with Crippen molar-refractivity contribution < 1.29 is 9.47 Å². The molecule has 0 amide bonds. The zero-order valence-electron chi connectivity index (χ0n) is 9.62. The van der Waals surface area contributed by atoms with Crippen molar-refractivity contribution >= 4 is 11.8 Å². The van der Waals surface area contributed by atoms with Gasteiger partial charge < -0.3 is 14.8 Å². The van der Waals surface area contributed by atoms with Crippen LogP contribution in [0.25, 0.3) is 0 Å². The standard InChI is InChI=1S/C11H21NO2S/c1-3-12-9-4-5-11(8-10(9)15-2)13-6-7-14-11/h9-10,12H,3-8H2,1-2H3. The van der Waals surface area contributed by atoms with Gasteiger partial charge in [0.15, 0.2) is 5.79 Å². The van der Waals surface area contributed by atoms with Gasteiger partial charge in [0.2, 0.25) is 0 Å². The summed E-state index contributed by atoms with van der Waals surface area (Å²) in [5.74, 6) is -0.237. The lowest BCUT2D eigenvalue weighted by atomic mass is 9.89. The van der Waals surface area contributed by atoms with Crippen LogP contribution in [0.4, 0.5) is 0 Å². The molecule has 1 spiro atoms. The first kappa shape index (κ1) is 11.7. The molecular weight excluding hydrogens is 210 g/mol. The highest BCUT2D eigenvalue weighted by atomic mass is 32.2. The number of hydrogen-bond donors (Lipinski definition) is 1. The van der Waals surface area contributed by atoms with Gasteiger partial charge in [-0.15, -0.1) is 0 Å². The zero-order valence-corrected chi connectivity index (χ0v) is 10.4. The Balaban J connectivity index is 1.96. The van der Waals surface area contributed by atoms with Crippen LogP contribution in [0.1, 0.15) is 26.2 Å². The predicted octanol–water partition coefficient (Wildman–Crippen LogP) is 1.62. The van der Waals surface area contributed by atoms with Crippen LogP contribution in [0, 0.1) is 0 Å². The highest BCUT2D eigenvalue weighted by Crippen LogP contribution is 2.39. The lowest BCUT2D eigenvalue weighted by Crippen LogP contribution is -2.49. The fourth-order valence-electron chi connectivity index (χ4n) is 2.61. The molecule has 0 radical (unpaired) electrons. The Morgan fingerprint density at radius 1 is 1.40 bits per heavy atom. The summed E-state index contributed by atoms with van der Waals surface area (Å²) >= 11 is 1.93. The van der Waals surface area contributed by atoms with E-state index >= 15 is 0 Å². The number of rotatable bonds is 3. The summed E-state index contributed by atoms with van der Waals surface area (Å²) in [7, 11) is 0. The Morgan fingerprint density at radius 3 is 2.73 bits per heavy atom. The SMILES string of the molecule is CCNC1CCC2(CC1SC)OCCO2. The van der Waals surface area contributed by atoms with Gasteiger partial charge in [-0.3, -0.25) is 0 Å². The molecule has 2 unspecified atom stereocenters. The van der Waals surface area contributed by atoms with Gasteiger partial charge in [0.1, 0.15) is 0 Å². The van der Waals surface area contributed by atoms with E-state index in [0.717, 1.165) is 32.6 Å². The Labute approximate surface area is 96.3 Å². The summed E-state index contributed by atoms with van der Waals surface area (Å²) in [4.78, 5) is 0. The number of hydrogen-bond acceptors (Lipinski definition) is 4. The van der Waals surface area contributed by atoms with E-state index < -0.39 is 0 Å². The maximum Gasteiger partial charge on any atom is 0.169 e. The highest BCUT2D eigenvalue weighted by molar-refractivity contribution is 7.99. The second-order valence-corrected chi connectivity index (χ2v) is 5.37. The molecule has 1 saturated carbocycles. The van der Waals surface area contributed by atoms with Crippen molar-refractivity contribution in [3.63, 3.8) is 0 Å². The van der Waals surface area contributed by atoms with Crippen LogP contribution in [-0.2, 0) is 9.47 Å². The first-order valence-corrected chi connectivity index (χ1v) is 7.12. The molecule has 2 aliphatic rings. The topological polar surface area (TPSA) is 30.5 Å². The van der Waals surface area contributed by atoms with E-state index in [1.165, 1.54) is 6.42 Å². The second-order valence-electron chi connectivity index (χ2n) is 4.29. The van der Waals surface area contributed by atoms with Gasteiger partial charge in [-0.05, 0) is 19.2 Å². The summed E-state index contributed by atoms with van der Waals surface area (Å²) in [6.07, 6.45) is 5.43. The monoisotopic (exact) mass is 231 g/mol. The minimum absolute atomic E-state index is 0.237. The Morgan fingerprint density at radius 2 is 2.13 bits per heavy atom. The maximum absolute atomic E-state index is 5.78. The van der Waals surface area contributed by atoms with Gasteiger partial charge in [0.25, 0.3) is 0 Å². The third-order valence-corrected chi connectivity index (χ3v) is 4.48. The van der Waals surface area contributed by atoms with E-state index in [1.807, 2.05) is 11.8 Å². The predicted molar refractivity (Wildman–Crippen MR) is 63.3 cm³/mol. The molecule has 1 saturated heterocycles. The van der Waals surface area contributed by atoms with Crippen molar-refractivity contribution in [1.29, 1.82) is 0 Å². The van der Waals surface area contributed by atoms with Crippen LogP contribution in [0.5, 0.6) is 0 Å². The quantitative estimate of drug-likeness (QED) is 0.799. The Bertz CT molecular complexity index is 207. The number of nitrogens with one attached hydrogen (secondary N) is 1. The van der Waals surface area contributed by atoms with Gasteiger partial charge in [-0.1, -0.05) is 6.92 Å². The van der Waals surface area contributed by atoms with Crippen molar-refractivity contribution in [3.8, 4) is 0 Å². The molecule has 3 nitrogen and oxygen atoms in total. The fourth-order valence-corrected chi connectivity index (χ4v) is 3.60. The molecule has 0 aromatic heterocycles. The summed E-state index contributed by atoms with van der Waals surface area (Å²) in [5.41, 5.74) is 0. The van der Waals surface area contributed by atoms with Gasteiger partial charge in [0, 0.05) is 24.1 Å². The molecule has 0 bridgehead atoms. The Hall–Kier alpha value is 0.230. The van der Waals surface area contributed by atoms with Gasteiger partial charge in [-0.2, -0.15) is 11.8 Å². The maximum atomic E-state index is 5.78. The summed E-state index contributed by atoms with van der Waals surface area (Å²) in [6.45, 7) is 4.76. The second kappa shape index (κ2) is 5.04. The van der Waals surface area contributed by atoms with E-state index in [4.69, 9.17) is 9.47 Å². The van der Waals surface area contributed by atoms with Crippen LogP contribution >= 0.6 is 11.8 Å². The minimum Gasteiger partial charge on any atom is -0.347 e. The van der Waals surface area contributed by atoms with Crippen molar-refractivity contribution in [1.82, 2.24) is 5.32 Å². The van der Waals surface area contributed by atoms with E-state index in [1.54, 1.807) is 0 Å². The molecule has 2 atom stereocenters. The summed E-state index contributed by atoms with van der Waals surface area (Å²) in [5, 5.41) is 4.18. The molecule has 1 N–H and O–H groups in total. The van der Waals surface area contributed by atoms with Gasteiger partial charge >= 0.3 is 0 Å². The molecule has 1 heterocycles. The largest absolute Gasteiger partial charge is 0.347 e. The third-order valence-electron chi connectivity index (χ3n) is 3.38. The van der Waals surface area contributed by atoms with E-state index in [2.05, 4.69) is 18.5 Å². The molecule has 0 aromatic carbocycles. The van der Waals surface area contributed by atoms with Crippen LogP contribution in [0.2, 0.25) is 0 Å². The zero-order chi connectivity index (χ0) is 10.7. The van der Waals surface area contributed by atoms with E-state index in [9.17, 15) is 0 Å². The van der Waals surface area contributed by atoms with Crippen LogP contribution in [0.3, 0.4) is 0 Å². The molecule has 2 fully saturated rings. The fraction of sp³-hybridized carbons (Fsp3) is 1.00. The molecule has 2 rings (SSSR count). The van der Waals surface area contributed by atoms with Crippen LogP contribution in [0.15, 0.2) is 0 Å². The van der Waals surface area contributed by atoms with Crippen molar-refractivity contribution in [2.75, 3.05) is 26.0 Å². The molecule has 4 heteroatoms. The molecule has 1 aliphatic carbocycles. The van der Waals surface area contributed by atoms with Gasteiger partial charge in [-0.25, -0.2) is 0 Å². The van der Waals surface area contributed by atoms with Crippen molar-refractivity contribution in [2.45, 2.75) is 43.3 Å². The van der Waals surface area contributed by atoms with Crippen molar-refractivity contribution in [3.05, 3.63) is 0 Å². The van der Waals surface area contributed by atoms with E-state index in [0.29, 0.717) is 11.3 Å². The normalized spacial score (nSPS) is 34.8. The van der Waals surface area contributed by atoms with E-state index in [-0.39, 0.29) is 5.79 Å². The number of thioether (sulfide) groups is 1. The summed E-state index contributed by atoms with van der Waals surface area (Å²) < 4.78 is 11.6. The smallest absolute Gasteiger partial charge is 0.169 e. The minimum atomic E-state index is -0.237. The molecule has 0 aromatic rings. The Kier molecular flexibility index (Phi) is 3.93. The van der Waals surface area contributed by atoms with Gasteiger partial charge in [0.05, 0.1) is 13.2 Å². The number of ether oxygens (including phenoxy) is 2. The van der Waals surface area contributed by atoms with Crippen molar-refractivity contribution in [2.24, 2.45) is 0 Å². The molecular formula is C11H21NO2S. The molecule has 1 aliphatic heterocycles. The average molecular weight is 231 g/mol. The third kappa shape index (κ3) is 2.49. The lowest BCUT2D eigenvalue weighted by molar-refractivity contribution is -0.177. The molecule has 88 valence electrons. The summed E-state index contributed by atoms with van der Waals surface area (Å²) in [6, 6.07) is 0.628. The molecule has 15 heavy (non-hydrogen) atoms. The highest BCUT2D eigenvalue weighted by Gasteiger charge is 2.44. The van der Waals surface area contributed by atoms with Crippen LogP contribution < -0.4 is 5.32 Å². The van der Waals surface area contributed by atoms with Crippen LogP contribution in [-0.4, -0.2) is 43.1 Å².